The zero-order chi connectivity index (χ0) is 16.4. The summed E-state index contributed by atoms with van der Waals surface area (Å²) < 4.78 is 6.05. The molecule has 0 spiro atoms. The standard InChI is InChI=1S/C18H14BrNO3/c1-11-2-4-12(5-3-11)10-20-17(21)15-9-13-8-14(19)6-7-16(13)23-18(15)22/h2-9H,10H2,1H3,(H,20,21). The maximum atomic E-state index is 12.3. The van der Waals surface area contributed by atoms with Crippen molar-refractivity contribution in [1.29, 1.82) is 0 Å². The molecule has 3 aromatic rings. The molecule has 0 saturated heterocycles. The summed E-state index contributed by atoms with van der Waals surface area (Å²) in [6.07, 6.45) is 0. The first-order valence-corrected chi connectivity index (χ1v) is 7.89. The van der Waals surface area contributed by atoms with E-state index in [9.17, 15) is 9.59 Å². The third-order valence-corrected chi connectivity index (χ3v) is 4.01. The number of aryl methyl sites for hydroxylation is 1. The van der Waals surface area contributed by atoms with Crippen LogP contribution in [0.25, 0.3) is 11.0 Å². The lowest BCUT2D eigenvalue weighted by molar-refractivity contribution is 0.0947. The molecule has 1 amide bonds. The van der Waals surface area contributed by atoms with Crippen molar-refractivity contribution in [2.45, 2.75) is 13.5 Å². The van der Waals surface area contributed by atoms with E-state index in [0.717, 1.165) is 15.6 Å². The molecule has 0 atom stereocenters. The zero-order valence-corrected chi connectivity index (χ0v) is 14.0. The van der Waals surface area contributed by atoms with Crippen LogP contribution in [0.1, 0.15) is 21.5 Å². The summed E-state index contributed by atoms with van der Waals surface area (Å²) >= 11 is 3.36. The van der Waals surface area contributed by atoms with E-state index >= 15 is 0 Å². The van der Waals surface area contributed by atoms with Gasteiger partial charge < -0.3 is 9.73 Å². The molecule has 0 aliphatic heterocycles. The van der Waals surface area contributed by atoms with Crippen LogP contribution in [0.4, 0.5) is 0 Å². The molecule has 4 nitrogen and oxygen atoms in total. The lowest BCUT2D eigenvalue weighted by Gasteiger charge is -2.06. The Hall–Kier alpha value is -2.40. The number of rotatable bonds is 3. The van der Waals surface area contributed by atoms with Crippen molar-refractivity contribution >= 4 is 32.8 Å². The molecule has 5 heteroatoms. The molecule has 1 heterocycles. The largest absolute Gasteiger partial charge is 0.422 e. The third kappa shape index (κ3) is 3.51. The Morgan fingerprint density at radius 2 is 1.87 bits per heavy atom. The highest BCUT2D eigenvalue weighted by Crippen LogP contribution is 2.19. The molecule has 0 fully saturated rings. The second-order valence-electron chi connectivity index (χ2n) is 5.30. The fourth-order valence-corrected chi connectivity index (χ4v) is 2.61. The molecule has 0 saturated carbocycles. The SMILES string of the molecule is Cc1ccc(CNC(=O)c2cc3cc(Br)ccc3oc2=O)cc1. The van der Waals surface area contributed by atoms with Gasteiger partial charge in [-0.2, -0.15) is 0 Å². The number of carbonyl (C=O) groups is 1. The number of hydrogen-bond donors (Lipinski definition) is 1. The van der Waals surface area contributed by atoms with Crippen molar-refractivity contribution in [1.82, 2.24) is 5.32 Å². The maximum absolute atomic E-state index is 12.3. The Morgan fingerprint density at radius 3 is 2.61 bits per heavy atom. The van der Waals surface area contributed by atoms with Crippen LogP contribution in [-0.2, 0) is 6.54 Å². The number of carbonyl (C=O) groups excluding carboxylic acids is 1. The molecule has 2 aromatic carbocycles. The lowest BCUT2D eigenvalue weighted by Crippen LogP contribution is -2.27. The Kier molecular flexibility index (Phi) is 4.30. The average molecular weight is 372 g/mol. The first-order valence-electron chi connectivity index (χ1n) is 7.10. The predicted molar refractivity (Wildman–Crippen MR) is 92.5 cm³/mol. The van der Waals surface area contributed by atoms with Gasteiger partial charge in [0.25, 0.3) is 5.91 Å². The third-order valence-electron chi connectivity index (χ3n) is 3.51. The van der Waals surface area contributed by atoms with Gasteiger partial charge in [-0.15, -0.1) is 0 Å². The maximum Gasteiger partial charge on any atom is 0.349 e. The van der Waals surface area contributed by atoms with E-state index in [-0.39, 0.29) is 5.56 Å². The summed E-state index contributed by atoms with van der Waals surface area (Å²) in [4.78, 5) is 24.2. The summed E-state index contributed by atoms with van der Waals surface area (Å²) in [5.41, 5.74) is 1.94. The minimum absolute atomic E-state index is 0.00251. The normalized spacial score (nSPS) is 10.7. The van der Waals surface area contributed by atoms with Crippen molar-refractivity contribution in [2.24, 2.45) is 0 Å². The highest BCUT2D eigenvalue weighted by Gasteiger charge is 2.13. The van der Waals surface area contributed by atoms with Gasteiger partial charge in [0.15, 0.2) is 0 Å². The summed E-state index contributed by atoms with van der Waals surface area (Å²) in [6, 6.07) is 14.7. The lowest BCUT2D eigenvalue weighted by atomic mass is 10.1. The van der Waals surface area contributed by atoms with Gasteiger partial charge in [0.1, 0.15) is 11.1 Å². The van der Waals surface area contributed by atoms with Crippen LogP contribution in [0.5, 0.6) is 0 Å². The first-order chi connectivity index (χ1) is 11.0. The van der Waals surface area contributed by atoms with Gasteiger partial charge in [-0.05, 0) is 36.8 Å². The Morgan fingerprint density at radius 1 is 1.13 bits per heavy atom. The van der Waals surface area contributed by atoms with Gasteiger partial charge >= 0.3 is 5.63 Å². The molecule has 1 N–H and O–H groups in total. The second kappa shape index (κ2) is 6.38. The second-order valence-corrected chi connectivity index (χ2v) is 6.21. The number of amides is 1. The highest BCUT2D eigenvalue weighted by molar-refractivity contribution is 9.10. The highest BCUT2D eigenvalue weighted by atomic mass is 79.9. The van der Waals surface area contributed by atoms with Gasteiger partial charge in [-0.3, -0.25) is 4.79 Å². The van der Waals surface area contributed by atoms with Crippen LogP contribution >= 0.6 is 15.9 Å². The minimum Gasteiger partial charge on any atom is -0.422 e. The minimum atomic E-state index is -0.638. The van der Waals surface area contributed by atoms with Gasteiger partial charge in [-0.1, -0.05) is 45.8 Å². The zero-order valence-electron chi connectivity index (χ0n) is 12.4. The van der Waals surface area contributed by atoms with E-state index in [1.54, 1.807) is 24.3 Å². The molecule has 0 aliphatic carbocycles. The Balaban J connectivity index is 1.84. The van der Waals surface area contributed by atoms with Crippen molar-refractivity contribution < 1.29 is 9.21 Å². The number of hydrogen-bond acceptors (Lipinski definition) is 3. The molecule has 0 aliphatic rings. The topological polar surface area (TPSA) is 59.3 Å². The van der Waals surface area contributed by atoms with Crippen molar-refractivity contribution in [3.05, 3.63) is 80.1 Å². The smallest absolute Gasteiger partial charge is 0.349 e. The number of benzene rings is 2. The van der Waals surface area contributed by atoms with Crippen LogP contribution in [-0.4, -0.2) is 5.91 Å². The van der Waals surface area contributed by atoms with Crippen LogP contribution in [0, 0.1) is 6.92 Å². The fourth-order valence-electron chi connectivity index (χ4n) is 2.24. The average Bonchev–Trinajstić information content (AvgIpc) is 2.54. The molecule has 116 valence electrons. The van der Waals surface area contributed by atoms with E-state index < -0.39 is 11.5 Å². The Bertz CT molecular complexity index is 929. The monoisotopic (exact) mass is 371 g/mol. The number of halogens is 1. The molecule has 0 unspecified atom stereocenters. The van der Waals surface area contributed by atoms with Crippen molar-refractivity contribution in [2.75, 3.05) is 0 Å². The van der Waals surface area contributed by atoms with E-state index in [0.29, 0.717) is 17.5 Å². The van der Waals surface area contributed by atoms with Gasteiger partial charge in [0.2, 0.25) is 0 Å². The molecule has 0 radical (unpaired) electrons. The molecular weight excluding hydrogens is 358 g/mol. The van der Waals surface area contributed by atoms with E-state index in [1.807, 2.05) is 31.2 Å². The summed E-state index contributed by atoms with van der Waals surface area (Å²) in [7, 11) is 0. The molecule has 1 aromatic heterocycles. The fraction of sp³-hybridized carbons (Fsp3) is 0.111. The van der Waals surface area contributed by atoms with E-state index in [1.165, 1.54) is 0 Å². The summed E-state index contributed by atoms with van der Waals surface area (Å²) in [6.45, 7) is 2.36. The summed E-state index contributed by atoms with van der Waals surface area (Å²) in [5, 5.41) is 3.44. The van der Waals surface area contributed by atoms with E-state index in [4.69, 9.17) is 4.42 Å². The van der Waals surface area contributed by atoms with Crippen LogP contribution in [0.15, 0.2) is 62.2 Å². The predicted octanol–water partition coefficient (Wildman–Crippen LogP) is 3.79. The van der Waals surface area contributed by atoms with Crippen molar-refractivity contribution in [3.8, 4) is 0 Å². The van der Waals surface area contributed by atoms with Crippen LogP contribution in [0.3, 0.4) is 0 Å². The van der Waals surface area contributed by atoms with E-state index in [2.05, 4.69) is 21.2 Å². The van der Waals surface area contributed by atoms with Crippen LogP contribution < -0.4 is 10.9 Å². The van der Waals surface area contributed by atoms with Gasteiger partial charge in [-0.25, -0.2) is 4.79 Å². The molecule has 3 rings (SSSR count). The number of nitrogens with one attached hydrogen (secondary N) is 1. The quantitative estimate of drug-likeness (QED) is 0.712. The van der Waals surface area contributed by atoms with Crippen molar-refractivity contribution in [3.63, 3.8) is 0 Å². The molecule has 23 heavy (non-hydrogen) atoms. The number of fused-ring (bicyclic) bond motifs is 1. The first kappa shape index (κ1) is 15.5. The summed E-state index contributed by atoms with van der Waals surface area (Å²) in [5.74, 6) is -0.443. The molecule has 0 bridgehead atoms. The van der Waals surface area contributed by atoms with Gasteiger partial charge in [0, 0.05) is 16.4 Å². The Labute approximate surface area is 141 Å². The molecular formula is C18H14BrNO3. The van der Waals surface area contributed by atoms with Crippen LogP contribution in [0.2, 0.25) is 0 Å². The van der Waals surface area contributed by atoms with Gasteiger partial charge in [0.05, 0.1) is 0 Å².